The summed E-state index contributed by atoms with van der Waals surface area (Å²) in [6, 6.07) is 9.66. The maximum absolute atomic E-state index is 12.4. The van der Waals surface area contributed by atoms with Crippen molar-refractivity contribution in [3.8, 4) is 11.6 Å². The first-order chi connectivity index (χ1) is 14.9. The zero-order valence-corrected chi connectivity index (χ0v) is 18.8. The number of amides is 1. The fraction of sp³-hybridized carbons (Fsp3) is 0.391. The van der Waals surface area contributed by atoms with Gasteiger partial charge in [-0.3, -0.25) is 4.79 Å². The molecule has 8 nitrogen and oxygen atoms in total. The molecule has 1 N–H and O–H groups in total. The smallest absolute Gasteiger partial charge is 0.220 e. The van der Waals surface area contributed by atoms with Crippen molar-refractivity contribution >= 4 is 11.7 Å². The predicted molar refractivity (Wildman–Crippen MR) is 121 cm³/mol. The van der Waals surface area contributed by atoms with Crippen LogP contribution in [0, 0.1) is 13.8 Å². The Balaban J connectivity index is 1.60. The molecule has 0 atom stereocenters. The molecule has 3 rings (SSSR count). The van der Waals surface area contributed by atoms with E-state index in [1.54, 1.807) is 0 Å². The summed E-state index contributed by atoms with van der Waals surface area (Å²) >= 11 is 0. The Kier molecular flexibility index (Phi) is 7.23. The first-order valence-corrected chi connectivity index (χ1v) is 10.4. The SMILES string of the molecule is CCOc1ccc(CNC(=O)CCc2c(C)nn(-c3cc(N(C)C)ncn3)c2C)cc1. The van der Waals surface area contributed by atoms with Gasteiger partial charge in [0.2, 0.25) is 5.91 Å². The Morgan fingerprint density at radius 1 is 1.16 bits per heavy atom. The number of carbonyl (C=O) groups is 1. The number of rotatable bonds is 9. The standard InChI is InChI=1S/C23H30N6O2/c1-6-31-19-9-7-18(8-10-19)14-24-23(30)12-11-20-16(2)27-29(17(20)3)22-13-21(28(4)5)25-15-26-22/h7-10,13,15H,6,11-12,14H2,1-5H3,(H,24,30). The van der Waals surface area contributed by atoms with E-state index in [0.29, 0.717) is 31.8 Å². The summed E-state index contributed by atoms with van der Waals surface area (Å²) in [6.45, 7) is 7.06. The van der Waals surface area contributed by atoms with Crippen LogP contribution in [0.15, 0.2) is 36.7 Å². The zero-order valence-electron chi connectivity index (χ0n) is 18.8. The van der Waals surface area contributed by atoms with Gasteiger partial charge in [-0.15, -0.1) is 0 Å². The van der Waals surface area contributed by atoms with Crippen molar-refractivity contribution in [3.05, 3.63) is 59.2 Å². The van der Waals surface area contributed by atoms with E-state index >= 15 is 0 Å². The molecule has 0 spiro atoms. The second-order valence-electron chi connectivity index (χ2n) is 7.54. The number of benzene rings is 1. The highest BCUT2D eigenvalue weighted by Gasteiger charge is 2.15. The molecule has 31 heavy (non-hydrogen) atoms. The minimum atomic E-state index is 0.0114. The van der Waals surface area contributed by atoms with Gasteiger partial charge in [-0.25, -0.2) is 14.6 Å². The molecule has 1 amide bonds. The summed E-state index contributed by atoms with van der Waals surface area (Å²) in [7, 11) is 3.87. The number of nitrogens with zero attached hydrogens (tertiary/aromatic N) is 5. The second kappa shape index (κ2) is 10.1. The third-order valence-corrected chi connectivity index (χ3v) is 5.08. The van der Waals surface area contributed by atoms with Crippen LogP contribution in [0.4, 0.5) is 5.82 Å². The fourth-order valence-corrected chi connectivity index (χ4v) is 3.36. The molecule has 2 aromatic heterocycles. The molecule has 164 valence electrons. The highest BCUT2D eigenvalue weighted by molar-refractivity contribution is 5.76. The number of ether oxygens (including phenoxy) is 1. The molecule has 3 aromatic rings. The molecule has 0 unspecified atom stereocenters. The monoisotopic (exact) mass is 422 g/mol. The van der Waals surface area contributed by atoms with Crippen molar-refractivity contribution < 1.29 is 9.53 Å². The van der Waals surface area contributed by atoms with Gasteiger partial charge < -0.3 is 15.0 Å². The maximum atomic E-state index is 12.4. The molecule has 0 radical (unpaired) electrons. The second-order valence-corrected chi connectivity index (χ2v) is 7.54. The van der Waals surface area contributed by atoms with Gasteiger partial charge >= 0.3 is 0 Å². The molecular weight excluding hydrogens is 392 g/mol. The highest BCUT2D eigenvalue weighted by atomic mass is 16.5. The molecule has 8 heteroatoms. The van der Waals surface area contributed by atoms with Gasteiger partial charge in [0.1, 0.15) is 17.9 Å². The Bertz CT molecular complexity index is 1030. The largest absolute Gasteiger partial charge is 0.494 e. The summed E-state index contributed by atoms with van der Waals surface area (Å²) in [5.41, 5.74) is 4.00. The summed E-state index contributed by atoms with van der Waals surface area (Å²) in [6.07, 6.45) is 2.56. The van der Waals surface area contributed by atoms with Gasteiger partial charge in [0.15, 0.2) is 5.82 Å². The third-order valence-electron chi connectivity index (χ3n) is 5.08. The van der Waals surface area contributed by atoms with Gasteiger partial charge in [0.25, 0.3) is 0 Å². The number of hydrogen-bond donors (Lipinski definition) is 1. The van der Waals surface area contributed by atoms with Crippen molar-refractivity contribution in [1.29, 1.82) is 0 Å². The highest BCUT2D eigenvalue weighted by Crippen LogP contribution is 2.20. The van der Waals surface area contributed by atoms with E-state index < -0.39 is 0 Å². The zero-order chi connectivity index (χ0) is 22.4. The van der Waals surface area contributed by atoms with E-state index in [1.807, 2.05) is 74.8 Å². The summed E-state index contributed by atoms with van der Waals surface area (Å²) in [4.78, 5) is 22.9. The Morgan fingerprint density at radius 2 is 1.90 bits per heavy atom. The Morgan fingerprint density at radius 3 is 2.58 bits per heavy atom. The van der Waals surface area contributed by atoms with Crippen LogP contribution in [0.5, 0.6) is 5.75 Å². The molecule has 0 saturated carbocycles. The molecule has 0 fully saturated rings. The van der Waals surface area contributed by atoms with Gasteiger partial charge in [0.05, 0.1) is 12.3 Å². The number of aromatic nitrogens is 4. The Labute approximate surface area is 183 Å². The topological polar surface area (TPSA) is 85.2 Å². The minimum absolute atomic E-state index is 0.0114. The van der Waals surface area contributed by atoms with Crippen molar-refractivity contribution in [2.75, 3.05) is 25.6 Å². The summed E-state index contributed by atoms with van der Waals surface area (Å²) in [5, 5.41) is 7.62. The number of hydrogen-bond acceptors (Lipinski definition) is 6. The first kappa shape index (κ1) is 22.3. The van der Waals surface area contributed by atoms with E-state index in [0.717, 1.165) is 34.1 Å². The maximum Gasteiger partial charge on any atom is 0.220 e. The van der Waals surface area contributed by atoms with Gasteiger partial charge in [-0.2, -0.15) is 5.10 Å². The van der Waals surface area contributed by atoms with E-state index in [9.17, 15) is 4.79 Å². The summed E-state index contributed by atoms with van der Waals surface area (Å²) < 4.78 is 7.26. The van der Waals surface area contributed by atoms with Crippen LogP contribution in [0.3, 0.4) is 0 Å². The molecular formula is C23H30N6O2. The van der Waals surface area contributed by atoms with E-state index in [2.05, 4.69) is 20.4 Å². The lowest BCUT2D eigenvalue weighted by Gasteiger charge is -2.12. The fourth-order valence-electron chi connectivity index (χ4n) is 3.36. The van der Waals surface area contributed by atoms with Crippen molar-refractivity contribution in [3.63, 3.8) is 0 Å². The van der Waals surface area contributed by atoms with Gasteiger partial charge in [-0.05, 0) is 50.5 Å². The van der Waals surface area contributed by atoms with Crippen molar-refractivity contribution in [2.24, 2.45) is 0 Å². The molecule has 0 aliphatic rings. The number of anilines is 1. The lowest BCUT2D eigenvalue weighted by Crippen LogP contribution is -2.23. The van der Waals surface area contributed by atoms with Crippen LogP contribution < -0.4 is 15.0 Å². The lowest BCUT2D eigenvalue weighted by atomic mass is 10.1. The number of aryl methyl sites for hydroxylation is 1. The van der Waals surface area contributed by atoms with Crippen LogP contribution in [0.1, 0.15) is 35.9 Å². The molecule has 0 aliphatic heterocycles. The van der Waals surface area contributed by atoms with E-state index in [4.69, 9.17) is 4.74 Å². The molecule has 1 aromatic carbocycles. The Hall–Kier alpha value is -3.42. The van der Waals surface area contributed by atoms with Crippen LogP contribution in [-0.2, 0) is 17.8 Å². The van der Waals surface area contributed by atoms with Gasteiger partial charge in [0, 0.05) is 38.8 Å². The third kappa shape index (κ3) is 5.59. The average Bonchev–Trinajstić information content (AvgIpc) is 3.05. The molecule has 2 heterocycles. The lowest BCUT2D eigenvalue weighted by molar-refractivity contribution is -0.121. The average molecular weight is 423 g/mol. The normalized spacial score (nSPS) is 10.7. The summed E-state index contributed by atoms with van der Waals surface area (Å²) in [5.74, 6) is 2.37. The predicted octanol–water partition coefficient (Wildman–Crippen LogP) is 2.99. The van der Waals surface area contributed by atoms with E-state index in [-0.39, 0.29) is 5.91 Å². The van der Waals surface area contributed by atoms with Crippen LogP contribution in [-0.4, -0.2) is 46.4 Å². The quantitative estimate of drug-likeness (QED) is 0.571. The van der Waals surface area contributed by atoms with Crippen molar-refractivity contribution in [1.82, 2.24) is 25.1 Å². The van der Waals surface area contributed by atoms with Crippen molar-refractivity contribution in [2.45, 2.75) is 40.2 Å². The molecule has 0 saturated heterocycles. The van der Waals surface area contributed by atoms with Gasteiger partial charge in [-0.1, -0.05) is 12.1 Å². The van der Waals surface area contributed by atoms with E-state index in [1.165, 1.54) is 6.33 Å². The van der Waals surface area contributed by atoms with Crippen LogP contribution >= 0.6 is 0 Å². The van der Waals surface area contributed by atoms with Crippen LogP contribution in [0.25, 0.3) is 5.82 Å². The van der Waals surface area contributed by atoms with Crippen LogP contribution in [0.2, 0.25) is 0 Å². The number of nitrogens with one attached hydrogen (secondary N) is 1. The number of carbonyl (C=O) groups excluding carboxylic acids is 1. The minimum Gasteiger partial charge on any atom is -0.494 e. The molecule has 0 aliphatic carbocycles. The molecule has 0 bridgehead atoms. The first-order valence-electron chi connectivity index (χ1n) is 10.4.